The number of hydrogen-bond acceptors (Lipinski definition) is 4. The lowest BCUT2D eigenvalue weighted by molar-refractivity contribution is 0.232. The molecule has 0 aliphatic carbocycles. The summed E-state index contributed by atoms with van der Waals surface area (Å²) < 4.78 is 23.9. The van der Waals surface area contributed by atoms with Crippen LogP contribution in [0.4, 0.5) is 0 Å². The van der Waals surface area contributed by atoms with Gasteiger partial charge in [-0.25, -0.2) is 0 Å². The summed E-state index contributed by atoms with van der Waals surface area (Å²) in [6.45, 7) is 14.4. The molecule has 2 aromatic carbocycles. The van der Waals surface area contributed by atoms with Crippen molar-refractivity contribution in [3.8, 4) is 23.0 Å². The molecule has 0 amide bonds. The van der Waals surface area contributed by atoms with Gasteiger partial charge in [-0.05, 0) is 55.0 Å². The molecule has 2 atom stereocenters. The molecule has 0 spiro atoms. The highest BCUT2D eigenvalue weighted by atomic mass is 16.5. The minimum atomic E-state index is 0.550. The third-order valence-electron chi connectivity index (χ3n) is 7.28. The Balaban J connectivity index is 2.32. The maximum Gasteiger partial charge on any atom is 0.127 e. The molecule has 210 valence electrons. The molecule has 0 fully saturated rings. The van der Waals surface area contributed by atoms with Crippen LogP contribution in [-0.4, -0.2) is 27.4 Å². The number of benzene rings is 2. The molecule has 2 unspecified atom stereocenters. The summed E-state index contributed by atoms with van der Waals surface area (Å²) in [5, 5.41) is 0. The van der Waals surface area contributed by atoms with Crippen LogP contribution in [0.5, 0.6) is 23.0 Å². The molecule has 0 heterocycles. The number of methoxy groups -OCH3 is 2. The first kappa shape index (κ1) is 31.3. The Hall–Kier alpha value is -2.88. The molecule has 4 heteroatoms. The van der Waals surface area contributed by atoms with E-state index < -0.39 is 0 Å². The van der Waals surface area contributed by atoms with Gasteiger partial charge in [0.1, 0.15) is 23.0 Å². The lowest BCUT2D eigenvalue weighted by Crippen LogP contribution is -2.12. The van der Waals surface area contributed by atoms with Crippen LogP contribution in [-0.2, 0) is 0 Å². The van der Waals surface area contributed by atoms with Crippen LogP contribution in [0.2, 0.25) is 0 Å². The summed E-state index contributed by atoms with van der Waals surface area (Å²) in [6.07, 6.45) is 15.5. The Morgan fingerprint density at radius 1 is 0.684 bits per heavy atom. The molecule has 0 aliphatic rings. The largest absolute Gasteiger partial charge is 0.497 e. The van der Waals surface area contributed by atoms with Gasteiger partial charge in [0.25, 0.3) is 0 Å². The first-order valence-corrected chi connectivity index (χ1v) is 14.5. The number of hydrogen-bond donors (Lipinski definition) is 0. The summed E-state index contributed by atoms with van der Waals surface area (Å²) in [7, 11) is 3.38. The van der Waals surface area contributed by atoms with Crippen molar-refractivity contribution in [2.24, 2.45) is 11.8 Å². The molecular formula is C34H50O4. The van der Waals surface area contributed by atoms with E-state index in [1.807, 2.05) is 30.3 Å². The van der Waals surface area contributed by atoms with E-state index >= 15 is 0 Å². The first-order chi connectivity index (χ1) is 18.5. The van der Waals surface area contributed by atoms with E-state index in [0.717, 1.165) is 59.1 Å². The molecule has 2 aromatic rings. The summed E-state index contributed by atoms with van der Waals surface area (Å²) in [4.78, 5) is 0. The van der Waals surface area contributed by atoms with E-state index in [0.29, 0.717) is 18.4 Å². The SMILES string of the molecule is C=Cc1cc(OC)c(/C=C/c2cc(OC)ccc2OCC(CC)CCCC)cc1OCC(CC)CCCC. The van der Waals surface area contributed by atoms with Gasteiger partial charge < -0.3 is 18.9 Å². The summed E-state index contributed by atoms with van der Waals surface area (Å²) in [5.74, 6) is 4.37. The van der Waals surface area contributed by atoms with Crippen molar-refractivity contribution < 1.29 is 18.9 Å². The van der Waals surface area contributed by atoms with Crippen LogP contribution in [0, 0.1) is 11.8 Å². The molecule has 4 nitrogen and oxygen atoms in total. The standard InChI is InChI=1S/C34H50O4/c1-8-13-15-26(10-3)24-37-32-20-19-31(35-6)21-29(32)17-18-30-23-34(28(12-5)22-33(30)36-7)38-25-27(11-4)16-14-9-2/h12,17-23,26-27H,5,8-11,13-16,24-25H2,1-4,6-7H3/b18-17+. The Morgan fingerprint density at radius 3 is 1.74 bits per heavy atom. The smallest absolute Gasteiger partial charge is 0.127 e. The van der Waals surface area contributed by atoms with Gasteiger partial charge in [-0.2, -0.15) is 0 Å². The van der Waals surface area contributed by atoms with E-state index in [2.05, 4.69) is 52.5 Å². The molecule has 0 aromatic heterocycles. The van der Waals surface area contributed by atoms with Gasteiger partial charge in [0.05, 0.1) is 27.4 Å². The van der Waals surface area contributed by atoms with Gasteiger partial charge in [0.2, 0.25) is 0 Å². The third kappa shape index (κ3) is 9.78. The molecule has 0 bridgehead atoms. The molecule has 0 radical (unpaired) electrons. The van der Waals surface area contributed by atoms with Gasteiger partial charge in [0, 0.05) is 16.7 Å². The number of ether oxygens (including phenoxy) is 4. The zero-order valence-corrected chi connectivity index (χ0v) is 24.7. The van der Waals surface area contributed by atoms with Gasteiger partial charge in [-0.15, -0.1) is 0 Å². The van der Waals surface area contributed by atoms with Crippen LogP contribution >= 0.6 is 0 Å². The second kappa shape index (κ2) is 17.6. The van der Waals surface area contributed by atoms with Gasteiger partial charge in [0.15, 0.2) is 0 Å². The molecule has 0 aliphatic heterocycles. The zero-order chi connectivity index (χ0) is 27.8. The van der Waals surface area contributed by atoms with Gasteiger partial charge in [-0.1, -0.05) is 91.0 Å². The zero-order valence-electron chi connectivity index (χ0n) is 24.7. The quantitative estimate of drug-likeness (QED) is 0.172. The van der Waals surface area contributed by atoms with Crippen molar-refractivity contribution in [1.29, 1.82) is 0 Å². The average molecular weight is 523 g/mol. The minimum absolute atomic E-state index is 0.550. The highest BCUT2D eigenvalue weighted by Crippen LogP contribution is 2.33. The Kier molecular flexibility index (Phi) is 14.5. The topological polar surface area (TPSA) is 36.9 Å². The molecule has 0 saturated carbocycles. The van der Waals surface area contributed by atoms with Crippen molar-refractivity contribution in [3.63, 3.8) is 0 Å². The highest BCUT2D eigenvalue weighted by Gasteiger charge is 2.13. The van der Waals surface area contributed by atoms with Gasteiger partial charge >= 0.3 is 0 Å². The van der Waals surface area contributed by atoms with Crippen molar-refractivity contribution in [1.82, 2.24) is 0 Å². The Bertz CT molecular complexity index is 994. The second-order valence-corrected chi connectivity index (χ2v) is 10.0. The lowest BCUT2D eigenvalue weighted by Gasteiger charge is -2.18. The van der Waals surface area contributed by atoms with Crippen molar-refractivity contribution in [2.45, 2.75) is 79.1 Å². The first-order valence-electron chi connectivity index (χ1n) is 14.5. The number of unbranched alkanes of at least 4 members (excludes halogenated alkanes) is 2. The van der Waals surface area contributed by atoms with Crippen molar-refractivity contribution >= 4 is 18.2 Å². The average Bonchev–Trinajstić information content (AvgIpc) is 2.96. The van der Waals surface area contributed by atoms with Gasteiger partial charge in [-0.3, -0.25) is 0 Å². The van der Waals surface area contributed by atoms with Crippen LogP contribution in [0.3, 0.4) is 0 Å². The van der Waals surface area contributed by atoms with Crippen LogP contribution in [0.25, 0.3) is 18.2 Å². The van der Waals surface area contributed by atoms with E-state index in [9.17, 15) is 0 Å². The van der Waals surface area contributed by atoms with E-state index in [1.165, 1.54) is 38.5 Å². The predicted molar refractivity (Wildman–Crippen MR) is 163 cm³/mol. The van der Waals surface area contributed by atoms with E-state index in [4.69, 9.17) is 18.9 Å². The fourth-order valence-electron chi connectivity index (χ4n) is 4.49. The predicted octanol–water partition coefficient (Wildman–Crippen LogP) is 9.71. The van der Waals surface area contributed by atoms with Crippen molar-refractivity contribution in [2.75, 3.05) is 27.4 Å². The number of rotatable bonds is 19. The van der Waals surface area contributed by atoms with E-state index in [1.54, 1.807) is 14.2 Å². The normalized spacial score (nSPS) is 12.8. The molecule has 0 saturated heterocycles. The van der Waals surface area contributed by atoms with Crippen LogP contribution in [0.15, 0.2) is 36.9 Å². The third-order valence-corrected chi connectivity index (χ3v) is 7.28. The Morgan fingerprint density at radius 2 is 1.24 bits per heavy atom. The summed E-state index contributed by atoms with van der Waals surface area (Å²) in [5.41, 5.74) is 2.85. The minimum Gasteiger partial charge on any atom is -0.497 e. The van der Waals surface area contributed by atoms with E-state index in [-0.39, 0.29) is 0 Å². The summed E-state index contributed by atoms with van der Waals surface area (Å²) in [6, 6.07) is 10.0. The fraction of sp³-hybridized carbons (Fsp3) is 0.529. The molecule has 2 rings (SSSR count). The maximum absolute atomic E-state index is 6.33. The fourth-order valence-corrected chi connectivity index (χ4v) is 4.49. The monoisotopic (exact) mass is 522 g/mol. The van der Waals surface area contributed by atoms with Crippen molar-refractivity contribution in [3.05, 3.63) is 53.6 Å². The molecule has 38 heavy (non-hydrogen) atoms. The summed E-state index contributed by atoms with van der Waals surface area (Å²) >= 11 is 0. The Labute approximate surface area is 232 Å². The molecular weight excluding hydrogens is 472 g/mol. The lowest BCUT2D eigenvalue weighted by atomic mass is 10.0. The van der Waals surface area contributed by atoms with Crippen LogP contribution < -0.4 is 18.9 Å². The second-order valence-electron chi connectivity index (χ2n) is 10.0. The maximum atomic E-state index is 6.33. The molecule has 0 N–H and O–H groups in total. The highest BCUT2D eigenvalue weighted by molar-refractivity contribution is 5.77. The van der Waals surface area contributed by atoms with Crippen LogP contribution in [0.1, 0.15) is 95.8 Å².